The molecule has 0 radical (unpaired) electrons. The topological polar surface area (TPSA) is 21.3 Å². The van der Waals surface area contributed by atoms with E-state index in [0.717, 1.165) is 29.8 Å². The molecule has 126 valence electrons. The standard InChI is InChI=1S/C20H28ClNO/c21-17-8-9-19(18(12-17)14-4-2-1-3-5-14)23-20(15-6-7-15)16-10-11-22-13-16/h8-9,12,14-16,20,22H,1-7,10-11,13H2/t16-,20?/m0/s1. The molecule has 2 atom stereocenters. The highest BCUT2D eigenvalue weighted by Crippen LogP contribution is 2.43. The number of halogens is 1. The maximum absolute atomic E-state index is 6.66. The Morgan fingerprint density at radius 2 is 1.83 bits per heavy atom. The van der Waals surface area contributed by atoms with Crippen LogP contribution in [0.5, 0.6) is 5.75 Å². The van der Waals surface area contributed by atoms with E-state index in [1.54, 1.807) is 0 Å². The van der Waals surface area contributed by atoms with Gasteiger partial charge in [0, 0.05) is 17.5 Å². The van der Waals surface area contributed by atoms with Gasteiger partial charge >= 0.3 is 0 Å². The van der Waals surface area contributed by atoms with Crippen molar-refractivity contribution >= 4 is 11.6 Å². The number of ether oxygens (including phenoxy) is 1. The molecule has 1 unspecified atom stereocenters. The van der Waals surface area contributed by atoms with Crippen LogP contribution in [0.2, 0.25) is 5.02 Å². The lowest BCUT2D eigenvalue weighted by atomic mass is 9.83. The number of rotatable bonds is 5. The molecule has 1 heterocycles. The minimum Gasteiger partial charge on any atom is -0.490 e. The second-order valence-electron chi connectivity index (χ2n) is 7.69. The van der Waals surface area contributed by atoms with Gasteiger partial charge in [0.15, 0.2) is 0 Å². The Hall–Kier alpha value is -0.730. The van der Waals surface area contributed by atoms with Gasteiger partial charge in [0.2, 0.25) is 0 Å². The van der Waals surface area contributed by atoms with Gasteiger partial charge in [0.1, 0.15) is 11.9 Å². The first-order valence-electron chi connectivity index (χ1n) is 9.48. The average molecular weight is 334 g/mol. The third-order valence-electron chi connectivity index (χ3n) is 5.93. The van der Waals surface area contributed by atoms with Crippen molar-refractivity contribution in [3.05, 3.63) is 28.8 Å². The maximum Gasteiger partial charge on any atom is 0.123 e. The Labute approximate surface area is 144 Å². The molecule has 0 amide bonds. The number of nitrogens with one attached hydrogen (secondary N) is 1. The highest BCUT2D eigenvalue weighted by molar-refractivity contribution is 6.30. The molecule has 4 rings (SSSR count). The lowest BCUT2D eigenvalue weighted by Crippen LogP contribution is -2.31. The Balaban J connectivity index is 1.56. The van der Waals surface area contributed by atoms with Crippen LogP contribution in [0.1, 0.15) is 62.8 Å². The summed E-state index contributed by atoms with van der Waals surface area (Å²) in [6.07, 6.45) is 11.0. The third kappa shape index (κ3) is 3.69. The van der Waals surface area contributed by atoms with Crippen LogP contribution in [0.25, 0.3) is 0 Å². The number of hydrogen-bond donors (Lipinski definition) is 1. The van der Waals surface area contributed by atoms with E-state index in [0.29, 0.717) is 17.9 Å². The summed E-state index contributed by atoms with van der Waals surface area (Å²) in [7, 11) is 0. The molecule has 1 aliphatic heterocycles. The van der Waals surface area contributed by atoms with Crippen LogP contribution >= 0.6 is 11.6 Å². The fourth-order valence-electron chi connectivity index (χ4n) is 4.47. The summed E-state index contributed by atoms with van der Waals surface area (Å²) >= 11 is 6.31. The minimum absolute atomic E-state index is 0.397. The van der Waals surface area contributed by atoms with Crippen LogP contribution in [0.15, 0.2) is 18.2 Å². The summed E-state index contributed by atoms with van der Waals surface area (Å²) < 4.78 is 6.66. The van der Waals surface area contributed by atoms with Crippen molar-refractivity contribution in [1.29, 1.82) is 0 Å². The SMILES string of the molecule is Clc1ccc(OC(C2CC2)[C@H]2CCNC2)c(C2CCCCC2)c1. The van der Waals surface area contributed by atoms with Crippen molar-refractivity contribution in [2.45, 2.75) is 63.4 Å². The van der Waals surface area contributed by atoms with Crippen LogP contribution in [0.3, 0.4) is 0 Å². The Bertz CT molecular complexity index is 530. The quantitative estimate of drug-likeness (QED) is 0.804. The van der Waals surface area contributed by atoms with Gasteiger partial charge in [-0.3, -0.25) is 0 Å². The van der Waals surface area contributed by atoms with Crippen molar-refractivity contribution in [2.24, 2.45) is 11.8 Å². The molecule has 1 aromatic carbocycles. The molecule has 3 fully saturated rings. The Morgan fingerprint density at radius 3 is 2.52 bits per heavy atom. The van der Waals surface area contributed by atoms with E-state index in [2.05, 4.69) is 17.4 Å². The van der Waals surface area contributed by atoms with Crippen LogP contribution in [0.4, 0.5) is 0 Å². The van der Waals surface area contributed by atoms with E-state index in [-0.39, 0.29) is 0 Å². The third-order valence-corrected chi connectivity index (χ3v) is 6.16. The summed E-state index contributed by atoms with van der Waals surface area (Å²) in [5, 5.41) is 4.36. The molecule has 23 heavy (non-hydrogen) atoms. The lowest BCUT2D eigenvalue weighted by Gasteiger charge is -2.29. The van der Waals surface area contributed by atoms with Crippen LogP contribution in [-0.2, 0) is 0 Å². The van der Waals surface area contributed by atoms with Crippen LogP contribution in [0, 0.1) is 11.8 Å². The summed E-state index contributed by atoms with van der Waals surface area (Å²) in [4.78, 5) is 0. The molecule has 1 N–H and O–H groups in total. The van der Waals surface area contributed by atoms with Gasteiger partial charge in [-0.15, -0.1) is 0 Å². The van der Waals surface area contributed by atoms with E-state index in [4.69, 9.17) is 16.3 Å². The van der Waals surface area contributed by atoms with Gasteiger partial charge in [-0.25, -0.2) is 0 Å². The van der Waals surface area contributed by atoms with E-state index in [1.165, 1.54) is 56.9 Å². The molecule has 0 aromatic heterocycles. The maximum atomic E-state index is 6.66. The highest BCUT2D eigenvalue weighted by atomic mass is 35.5. The van der Waals surface area contributed by atoms with Gasteiger partial charge in [-0.2, -0.15) is 0 Å². The minimum atomic E-state index is 0.397. The van der Waals surface area contributed by atoms with Crippen molar-refractivity contribution in [3.8, 4) is 5.75 Å². The molecule has 3 heteroatoms. The molecular formula is C20H28ClNO. The summed E-state index contributed by atoms with van der Waals surface area (Å²) in [6, 6.07) is 6.30. The second-order valence-corrected chi connectivity index (χ2v) is 8.13. The highest BCUT2D eigenvalue weighted by Gasteiger charge is 2.40. The number of benzene rings is 1. The normalized spacial score (nSPS) is 27.1. The zero-order valence-corrected chi connectivity index (χ0v) is 14.7. The van der Waals surface area contributed by atoms with Gasteiger partial charge in [0.25, 0.3) is 0 Å². The van der Waals surface area contributed by atoms with E-state index >= 15 is 0 Å². The predicted molar refractivity (Wildman–Crippen MR) is 95.4 cm³/mol. The lowest BCUT2D eigenvalue weighted by molar-refractivity contribution is 0.118. The molecule has 2 nitrogen and oxygen atoms in total. The van der Waals surface area contributed by atoms with E-state index < -0.39 is 0 Å². The number of hydrogen-bond acceptors (Lipinski definition) is 2. The van der Waals surface area contributed by atoms with Gasteiger partial charge in [-0.05, 0) is 74.2 Å². The molecule has 2 aliphatic carbocycles. The molecule has 0 bridgehead atoms. The molecule has 0 spiro atoms. The summed E-state index contributed by atoms with van der Waals surface area (Å²) in [5.74, 6) is 3.20. The first-order valence-corrected chi connectivity index (χ1v) is 9.86. The fraction of sp³-hybridized carbons (Fsp3) is 0.700. The Morgan fingerprint density at radius 1 is 1.00 bits per heavy atom. The van der Waals surface area contributed by atoms with Gasteiger partial charge in [-0.1, -0.05) is 30.9 Å². The zero-order chi connectivity index (χ0) is 15.6. The van der Waals surface area contributed by atoms with Gasteiger partial charge in [0.05, 0.1) is 0 Å². The molecule has 2 saturated carbocycles. The molecule has 3 aliphatic rings. The van der Waals surface area contributed by atoms with E-state index in [1.807, 2.05) is 6.07 Å². The average Bonchev–Trinajstić information content (AvgIpc) is 3.28. The van der Waals surface area contributed by atoms with Gasteiger partial charge < -0.3 is 10.1 Å². The first-order chi connectivity index (χ1) is 11.3. The molecular weight excluding hydrogens is 306 g/mol. The summed E-state index contributed by atoms with van der Waals surface area (Å²) in [5.41, 5.74) is 1.37. The van der Waals surface area contributed by atoms with E-state index in [9.17, 15) is 0 Å². The molecule has 1 aromatic rings. The molecule has 1 saturated heterocycles. The fourth-order valence-corrected chi connectivity index (χ4v) is 4.65. The second kappa shape index (κ2) is 7.03. The van der Waals surface area contributed by atoms with Crippen molar-refractivity contribution < 1.29 is 4.74 Å². The smallest absolute Gasteiger partial charge is 0.123 e. The first kappa shape index (κ1) is 15.8. The monoisotopic (exact) mass is 333 g/mol. The van der Waals surface area contributed by atoms with Crippen molar-refractivity contribution in [3.63, 3.8) is 0 Å². The van der Waals surface area contributed by atoms with Crippen LogP contribution in [-0.4, -0.2) is 19.2 Å². The zero-order valence-electron chi connectivity index (χ0n) is 13.9. The summed E-state index contributed by atoms with van der Waals surface area (Å²) in [6.45, 7) is 2.26. The van der Waals surface area contributed by atoms with Crippen LogP contribution < -0.4 is 10.1 Å². The largest absolute Gasteiger partial charge is 0.490 e. The predicted octanol–water partition coefficient (Wildman–Crippen LogP) is 5.15. The van der Waals surface area contributed by atoms with Crippen molar-refractivity contribution in [2.75, 3.05) is 13.1 Å². The Kier molecular flexibility index (Phi) is 4.82. The van der Waals surface area contributed by atoms with Crippen molar-refractivity contribution in [1.82, 2.24) is 5.32 Å².